The smallest absolute Gasteiger partial charge is 0.293 e. The highest BCUT2D eigenvalue weighted by Crippen LogP contribution is 2.23. The second-order valence-electron chi connectivity index (χ2n) is 8.87. The highest BCUT2D eigenvalue weighted by molar-refractivity contribution is 5.78. The fraction of sp³-hybridized carbons (Fsp3) is 0.538. The molecule has 0 aliphatic carbocycles. The van der Waals surface area contributed by atoms with Gasteiger partial charge >= 0.3 is 0 Å². The van der Waals surface area contributed by atoms with Gasteiger partial charge in [0.25, 0.3) is 5.56 Å². The summed E-state index contributed by atoms with van der Waals surface area (Å²) in [5.41, 5.74) is 2.81. The van der Waals surface area contributed by atoms with Crippen LogP contribution in [0.15, 0.2) is 35.4 Å². The molecular formula is C26H36N6O3. The lowest BCUT2D eigenvalue weighted by Crippen LogP contribution is -2.32. The molecule has 188 valence electrons. The van der Waals surface area contributed by atoms with E-state index in [1.54, 1.807) is 30.1 Å². The lowest BCUT2D eigenvalue weighted by molar-refractivity contribution is 0.127. The zero-order valence-electron chi connectivity index (χ0n) is 20.8. The number of likely N-dealkylation sites (tertiary alicyclic amines) is 1. The normalized spacial score (nSPS) is 14.3. The number of piperidine rings is 1. The van der Waals surface area contributed by atoms with E-state index in [4.69, 9.17) is 9.47 Å². The zero-order chi connectivity index (χ0) is 24.5. The number of nitrogens with zero attached hydrogens (tertiary/aromatic N) is 5. The van der Waals surface area contributed by atoms with E-state index >= 15 is 0 Å². The minimum absolute atomic E-state index is 0.151. The van der Waals surface area contributed by atoms with E-state index in [1.807, 2.05) is 12.1 Å². The maximum atomic E-state index is 13.4. The van der Waals surface area contributed by atoms with Gasteiger partial charge < -0.3 is 19.7 Å². The Morgan fingerprint density at radius 2 is 1.86 bits per heavy atom. The van der Waals surface area contributed by atoms with Crippen molar-refractivity contribution in [3.63, 3.8) is 0 Å². The molecule has 4 heterocycles. The highest BCUT2D eigenvalue weighted by atomic mass is 16.5. The minimum atomic E-state index is -0.151. The van der Waals surface area contributed by atoms with Crippen LogP contribution in [0.4, 0.5) is 5.82 Å². The van der Waals surface area contributed by atoms with Gasteiger partial charge in [0.05, 0.1) is 19.2 Å². The van der Waals surface area contributed by atoms with E-state index in [0.29, 0.717) is 49.2 Å². The average molecular weight is 481 g/mol. The molecule has 1 N–H and O–H groups in total. The van der Waals surface area contributed by atoms with E-state index in [-0.39, 0.29) is 5.56 Å². The van der Waals surface area contributed by atoms with Crippen molar-refractivity contribution in [2.75, 3.05) is 51.8 Å². The summed E-state index contributed by atoms with van der Waals surface area (Å²) in [6.07, 6.45) is 9.31. The Bertz CT molecular complexity index is 1140. The van der Waals surface area contributed by atoms with Gasteiger partial charge in [-0.3, -0.25) is 9.36 Å². The van der Waals surface area contributed by atoms with Gasteiger partial charge in [0, 0.05) is 49.3 Å². The molecule has 1 fully saturated rings. The molecule has 1 aliphatic rings. The van der Waals surface area contributed by atoms with Crippen LogP contribution in [0.25, 0.3) is 22.3 Å². The van der Waals surface area contributed by atoms with Gasteiger partial charge in [-0.1, -0.05) is 13.3 Å². The summed E-state index contributed by atoms with van der Waals surface area (Å²) in [7, 11) is 1.59. The predicted octanol–water partition coefficient (Wildman–Crippen LogP) is 3.58. The molecule has 0 aromatic carbocycles. The van der Waals surface area contributed by atoms with Crippen molar-refractivity contribution in [2.45, 2.75) is 45.6 Å². The molecule has 0 saturated carbocycles. The number of ether oxygens (including phenoxy) is 2. The van der Waals surface area contributed by atoms with Crippen molar-refractivity contribution in [2.24, 2.45) is 0 Å². The number of rotatable bonds is 12. The summed E-state index contributed by atoms with van der Waals surface area (Å²) < 4.78 is 12.6. The standard InChI is InChI=1S/C26H36N6O3/c1-3-15-35-16-14-32-22-17-21(20-8-9-23(34-2)28-18-20)19-29-24(22)30-25(26(32)33)27-10-7-13-31-11-5-4-6-12-31/h8-9,17-19H,3-7,10-16H2,1-2H3,(H,27,29,30). The first kappa shape index (κ1) is 25.1. The first-order chi connectivity index (χ1) is 17.2. The monoisotopic (exact) mass is 480 g/mol. The van der Waals surface area contributed by atoms with Gasteiger partial charge in [-0.05, 0) is 57.5 Å². The van der Waals surface area contributed by atoms with Crippen LogP contribution in [-0.2, 0) is 11.3 Å². The van der Waals surface area contributed by atoms with E-state index in [9.17, 15) is 4.79 Å². The van der Waals surface area contributed by atoms with Gasteiger partial charge in [0.2, 0.25) is 5.88 Å². The zero-order valence-corrected chi connectivity index (χ0v) is 20.8. The molecule has 0 atom stereocenters. The Morgan fingerprint density at radius 1 is 1.03 bits per heavy atom. The second kappa shape index (κ2) is 12.6. The summed E-state index contributed by atoms with van der Waals surface area (Å²) in [6.45, 7) is 7.72. The number of nitrogens with one attached hydrogen (secondary N) is 1. The lowest BCUT2D eigenvalue weighted by Gasteiger charge is -2.26. The SMILES string of the molecule is CCCOCCn1c(=O)c(NCCCN2CCCCC2)nc2ncc(-c3ccc(OC)nc3)cc21. The first-order valence-corrected chi connectivity index (χ1v) is 12.6. The van der Waals surface area contributed by atoms with Crippen molar-refractivity contribution < 1.29 is 9.47 Å². The summed E-state index contributed by atoms with van der Waals surface area (Å²) in [6, 6.07) is 5.67. The highest BCUT2D eigenvalue weighted by Gasteiger charge is 2.14. The molecule has 3 aromatic rings. The third kappa shape index (κ3) is 6.55. The van der Waals surface area contributed by atoms with Crippen LogP contribution < -0.4 is 15.6 Å². The van der Waals surface area contributed by atoms with Crippen LogP contribution in [0.5, 0.6) is 5.88 Å². The molecule has 0 unspecified atom stereocenters. The molecule has 9 heteroatoms. The van der Waals surface area contributed by atoms with E-state index in [2.05, 4.69) is 32.1 Å². The molecule has 1 aliphatic heterocycles. The lowest BCUT2D eigenvalue weighted by atomic mass is 10.1. The number of hydrogen-bond acceptors (Lipinski definition) is 8. The van der Waals surface area contributed by atoms with Gasteiger partial charge in [0.1, 0.15) is 0 Å². The van der Waals surface area contributed by atoms with Crippen molar-refractivity contribution in [3.05, 3.63) is 40.9 Å². The number of methoxy groups -OCH3 is 1. The van der Waals surface area contributed by atoms with Crippen LogP contribution in [-0.4, -0.2) is 70.9 Å². The van der Waals surface area contributed by atoms with E-state index in [0.717, 1.165) is 30.5 Å². The quantitative estimate of drug-likeness (QED) is 0.393. The van der Waals surface area contributed by atoms with Crippen molar-refractivity contribution in [3.8, 4) is 17.0 Å². The van der Waals surface area contributed by atoms with Crippen LogP contribution in [0.1, 0.15) is 39.0 Å². The molecule has 0 amide bonds. The van der Waals surface area contributed by atoms with E-state index < -0.39 is 0 Å². The maximum absolute atomic E-state index is 13.4. The number of fused-ring (bicyclic) bond motifs is 1. The minimum Gasteiger partial charge on any atom is -0.481 e. The average Bonchev–Trinajstić information content (AvgIpc) is 2.91. The number of aromatic nitrogens is 4. The Labute approximate surface area is 206 Å². The molecule has 1 saturated heterocycles. The van der Waals surface area contributed by atoms with Crippen LogP contribution in [0.3, 0.4) is 0 Å². The third-order valence-electron chi connectivity index (χ3n) is 6.28. The Kier molecular flexibility index (Phi) is 9.02. The molecule has 0 bridgehead atoms. The largest absolute Gasteiger partial charge is 0.481 e. The predicted molar refractivity (Wildman–Crippen MR) is 138 cm³/mol. The molecule has 0 radical (unpaired) electrons. The van der Waals surface area contributed by atoms with Crippen molar-refractivity contribution >= 4 is 17.0 Å². The third-order valence-corrected chi connectivity index (χ3v) is 6.28. The first-order valence-electron chi connectivity index (χ1n) is 12.6. The van der Waals surface area contributed by atoms with Crippen molar-refractivity contribution in [1.29, 1.82) is 0 Å². The van der Waals surface area contributed by atoms with E-state index in [1.165, 1.54) is 32.4 Å². The fourth-order valence-electron chi connectivity index (χ4n) is 4.38. The van der Waals surface area contributed by atoms with Crippen LogP contribution >= 0.6 is 0 Å². The molecule has 9 nitrogen and oxygen atoms in total. The second-order valence-corrected chi connectivity index (χ2v) is 8.87. The molecule has 0 spiro atoms. The molecular weight excluding hydrogens is 444 g/mol. The number of hydrogen-bond donors (Lipinski definition) is 1. The van der Waals surface area contributed by atoms with Crippen LogP contribution in [0.2, 0.25) is 0 Å². The Hall–Kier alpha value is -3.04. The fourth-order valence-corrected chi connectivity index (χ4v) is 4.38. The van der Waals surface area contributed by atoms with Gasteiger partial charge in [0.15, 0.2) is 11.5 Å². The van der Waals surface area contributed by atoms with Gasteiger partial charge in [-0.15, -0.1) is 0 Å². The Morgan fingerprint density at radius 3 is 2.60 bits per heavy atom. The summed E-state index contributed by atoms with van der Waals surface area (Å²) in [5.74, 6) is 0.892. The van der Waals surface area contributed by atoms with Crippen LogP contribution in [0, 0.1) is 0 Å². The summed E-state index contributed by atoms with van der Waals surface area (Å²) in [5, 5.41) is 3.27. The number of pyridine rings is 2. The van der Waals surface area contributed by atoms with Crippen molar-refractivity contribution in [1.82, 2.24) is 24.4 Å². The summed E-state index contributed by atoms with van der Waals surface area (Å²) in [4.78, 5) is 29.3. The maximum Gasteiger partial charge on any atom is 0.293 e. The van der Waals surface area contributed by atoms with Gasteiger partial charge in [-0.25, -0.2) is 15.0 Å². The number of anilines is 1. The summed E-state index contributed by atoms with van der Waals surface area (Å²) >= 11 is 0. The Balaban J connectivity index is 1.56. The van der Waals surface area contributed by atoms with Gasteiger partial charge in [-0.2, -0.15) is 0 Å². The molecule has 3 aromatic heterocycles. The topological polar surface area (TPSA) is 94.4 Å². The molecule has 35 heavy (non-hydrogen) atoms. The molecule has 4 rings (SSSR count).